The number of carbonyl (C=O) groups is 1. The summed E-state index contributed by atoms with van der Waals surface area (Å²) in [5, 5.41) is 2.83. The third-order valence-corrected chi connectivity index (χ3v) is 3.47. The second-order valence-corrected chi connectivity index (χ2v) is 4.82. The average Bonchev–Trinajstić information content (AvgIpc) is 2.89. The SMILES string of the molecule is O=C(NCc1cccc(F)c1)N1CCc2ccccc21. The minimum Gasteiger partial charge on any atom is -0.334 e. The van der Waals surface area contributed by atoms with Crippen molar-refractivity contribution in [3.8, 4) is 0 Å². The van der Waals surface area contributed by atoms with Crippen LogP contribution in [0.3, 0.4) is 0 Å². The summed E-state index contributed by atoms with van der Waals surface area (Å²) in [5.74, 6) is -0.289. The van der Waals surface area contributed by atoms with Crippen molar-refractivity contribution in [3.05, 3.63) is 65.5 Å². The molecule has 3 nitrogen and oxygen atoms in total. The number of halogens is 1. The standard InChI is InChI=1S/C16H15FN2O/c17-14-6-3-4-12(10-14)11-18-16(20)19-9-8-13-5-1-2-7-15(13)19/h1-7,10H,8-9,11H2,(H,18,20). The van der Waals surface area contributed by atoms with Gasteiger partial charge in [-0.05, 0) is 35.7 Å². The van der Waals surface area contributed by atoms with Gasteiger partial charge < -0.3 is 5.32 Å². The maximum atomic E-state index is 13.1. The zero-order valence-electron chi connectivity index (χ0n) is 11.0. The minimum absolute atomic E-state index is 0.140. The highest BCUT2D eigenvalue weighted by Crippen LogP contribution is 2.27. The van der Waals surface area contributed by atoms with Gasteiger partial charge in [-0.15, -0.1) is 0 Å². The molecule has 0 bridgehead atoms. The van der Waals surface area contributed by atoms with E-state index in [2.05, 4.69) is 5.32 Å². The van der Waals surface area contributed by atoms with Gasteiger partial charge in [-0.3, -0.25) is 4.90 Å². The third kappa shape index (κ3) is 2.50. The molecule has 1 heterocycles. The van der Waals surface area contributed by atoms with E-state index in [-0.39, 0.29) is 11.8 Å². The molecule has 1 aliphatic heterocycles. The summed E-state index contributed by atoms with van der Waals surface area (Å²) in [6.45, 7) is 1.02. The van der Waals surface area contributed by atoms with Gasteiger partial charge in [0, 0.05) is 18.8 Å². The monoisotopic (exact) mass is 270 g/mol. The highest BCUT2D eigenvalue weighted by molar-refractivity contribution is 5.94. The van der Waals surface area contributed by atoms with Crippen molar-refractivity contribution < 1.29 is 9.18 Å². The van der Waals surface area contributed by atoms with Crippen molar-refractivity contribution in [2.45, 2.75) is 13.0 Å². The van der Waals surface area contributed by atoms with Gasteiger partial charge in [0.1, 0.15) is 5.82 Å². The Morgan fingerprint density at radius 2 is 2.05 bits per heavy atom. The summed E-state index contributed by atoms with van der Waals surface area (Å²) in [6, 6.07) is 14.0. The van der Waals surface area contributed by atoms with Crippen LogP contribution >= 0.6 is 0 Å². The lowest BCUT2D eigenvalue weighted by atomic mass is 10.2. The number of carbonyl (C=O) groups excluding carboxylic acids is 1. The Bertz CT molecular complexity index is 642. The Kier molecular flexibility index (Phi) is 3.37. The van der Waals surface area contributed by atoms with Crippen LogP contribution < -0.4 is 10.2 Å². The number of fused-ring (bicyclic) bond motifs is 1. The number of amides is 2. The molecule has 2 amide bonds. The molecule has 2 aromatic rings. The molecule has 102 valence electrons. The highest BCUT2D eigenvalue weighted by atomic mass is 19.1. The number of anilines is 1. The molecule has 20 heavy (non-hydrogen) atoms. The number of hydrogen-bond acceptors (Lipinski definition) is 1. The molecular weight excluding hydrogens is 255 g/mol. The second-order valence-electron chi connectivity index (χ2n) is 4.82. The molecular formula is C16H15FN2O. The van der Waals surface area contributed by atoms with Crippen molar-refractivity contribution >= 4 is 11.7 Å². The van der Waals surface area contributed by atoms with E-state index >= 15 is 0 Å². The zero-order chi connectivity index (χ0) is 13.9. The van der Waals surface area contributed by atoms with Crippen LogP contribution in [0.4, 0.5) is 14.9 Å². The van der Waals surface area contributed by atoms with Gasteiger partial charge in [0.2, 0.25) is 0 Å². The number of benzene rings is 2. The van der Waals surface area contributed by atoms with Crippen LogP contribution in [0.1, 0.15) is 11.1 Å². The highest BCUT2D eigenvalue weighted by Gasteiger charge is 2.23. The maximum Gasteiger partial charge on any atom is 0.322 e. The lowest BCUT2D eigenvalue weighted by molar-refractivity contribution is 0.246. The van der Waals surface area contributed by atoms with Crippen molar-refractivity contribution in [1.82, 2.24) is 5.32 Å². The fourth-order valence-corrected chi connectivity index (χ4v) is 2.47. The molecule has 0 saturated heterocycles. The fraction of sp³-hybridized carbons (Fsp3) is 0.188. The molecule has 0 radical (unpaired) electrons. The summed E-state index contributed by atoms with van der Waals surface area (Å²) in [5.41, 5.74) is 2.91. The summed E-state index contributed by atoms with van der Waals surface area (Å²) >= 11 is 0. The number of nitrogens with zero attached hydrogens (tertiary/aromatic N) is 1. The number of rotatable bonds is 2. The van der Waals surface area contributed by atoms with Gasteiger partial charge in [0.15, 0.2) is 0 Å². The van der Waals surface area contributed by atoms with E-state index in [9.17, 15) is 9.18 Å². The van der Waals surface area contributed by atoms with E-state index in [1.54, 1.807) is 17.0 Å². The van der Waals surface area contributed by atoms with Gasteiger partial charge in [0.25, 0.3) is 0 Å². The Morgan fingerprint density at radius 3 is 2.90 bits per heavy atom. The van der Waals surface area contributed by atoms with Crippen LogP contribution in [0.5, 0.6) is 0 Å². The number of nitrogens with one attached hydrogen (secondary N) is 1. The third-order valence-electron chi connectivity index (χ3n) is 3.47. The molecule has 0 unspecified atom stereocenters. The van der Waals surface area contributed by atoms with Crippen molar-refractivity contribution in [3.63, 3.8) is 0 Å². The van der Waals surface area contributed by atoms with Crippen molar-refractivity contribution in [2.75, 3.05) is 11.4 Å². The predicted octanol–water partition coefficient (Wildman–Crippen LogP) is 3.10. The first-order valence-electron chi connectivity index (χ1n) is 6.62. The van der Waals surface area contributed by atoms with Crippen molar-refractivity contribution in [1.29, 1.82) is 0 Å². The lowest BCUT2D eigenvalue weighted by Crippen LogP contribution is -2.38. The molecule has 3 rings (SSSR count). The number of urea groups is 1. The maximum absolute atomic E-state index is 13.1. The Morgan fingerprint density at radius 1 is 1.20 bits per heavy atom. The lowest BCUT2D eigenvalue weighted by Gasteiger charge is -2.18. The van der Waals surface area contributed by atoms with E-state index in [1.165, 1.54) is 17.7 Å². The average molecular weight is 270 g/mol. The molecule has 0 aromatic heterocycles. The minimum atomic E-state index is -0.289. The molecule has 0 aliphatic carbocycles. The van der Waals surface area contributed by atoms with Gasteiger partial charge in [-0.2, -0.15) is 0 Å². The Balaban J connectivity index is 1.66. The van der Waals surface area contributed by atoms with Gasteiger partial charge in [-0.1, -0.05) is 30.3 Å². The van der Waals surface area contributed by atoms with Gasteiger partial charge >= 0.3 is 6.03 Å². The van der Waals surface area contributed by atoms with Crippen LogP contribution in [0.2, 0.25) is 0 Å². The molecule has 2 aromatic carbocycles. The fourth-order valence-electron chi connectivity index (χ4n) is 2.47. The van der Waals surface area contributed by atoms with E-state index in [0.29, 0.717) is 13.1 Å². The van der Waals surface area contributed by atoms with Gasteiger partial charge in [-0.25, -0.2) is 9.18 Å². The quantitative estimate of drug-likeness (QED) is 0.893. The molecule has 1 aliphatic rings. The van der Waals surface area contributed by atoms with E-state index in [0.717, 1.165) is 17.7 Å². The Hall–Kier alpha value is -2.36. The van der Waals surface area contributed by atoms with Crippen LogP contribution in [0.15, 0.2) is 48.5 Å². The van der Waals surface area contributed by atoms with E-state index in [4.69, 9.17) is 0 Å². The Labute approximate surface area is 117 Å². The van der Waals surface area contributed by atoms with Crippen molar-refractivity contribution in [2.24, 2.45) is 0 Å². The smallest absolute Gasteiger partial charge is 0.322 e. The van der Waals surface area contributed by atoms with E-state index < -0.39 is 0 Å². The first kappa shape index (κ1) is 12.7. The van der Waals surface area contributed by atoms with Crippen LogP contribution in [-0.2, 0) is 13.0 Å². The zero-order valence-corrected chi connectivity index (χ0v) is 11.0. The molecule has 1 N–H and O–H groups in total. The van der Waals surface area contributed by atoms with Crippen LogP contribution in [0, 0.1) is 5.82 Å². The molecule has 0 fully saturated rings. The summed E-state index contributed by atoms with van der Waals surface area (Å²) in [7, 11) is 0. The summed E-state index contributed by atoms with van der Waals surface area (Å²) in [6.07, 6.45) is 0.879. The molecule has 0 atom stereocenters. The topological polar surface area (TPSA) is 32.3 Å². The number of hydrogen-bond donors (Lipinski definition) is 1. The van der Waals surface area contributed by atoms with Gasteiger partial charge in [0.05, 0.1) is 0 Å². The van der Waals surface area contributed by atoms with E-state index in [1.807, 2.05) is 24.3 Å². The second kappa shape index (κ2) is 5.33. The first-order valence-corrected chi connectivity index (χ1v) is 6.62. The normalized spacial score (nSPS) is 13.2. The summed E-state index contributed by atoms with van der Waals surface area (Å²) < 4.78 is 13.1. The molecule has 0 saturated carbocycles. The summed E-state index contributed by atoms with van der Waals surface area (Å²) in [4.78, 5) is 13.9. The first-order chi connectivity index (χ1) is 9.74. The number of para-hydroxylation sites is 1. The molecule has 0 spiro atoms. The predicted molar refractivity (Wildman–Crippen MR) is 76.1 cm³/mol. The molecule has 4 heteroatoms. The van der Waals surface area contributed by atoms with Crippen LogP contribution in [-0.4, -0.2) is 12.6 Å². The van der Waals surface area contributed by atoms with Crippen LogP contribution in [0.25, 0.3) is 0 Å². The largest absolute Gasteiger partial charge is 0.334 e.